The van der Waals surface area contributed by atoms with Crippen molar-refractivity contribution in [3.8, 4) is 11.3 Å². The standard InChI is InChI=1S/C22H24F2N2O4/c1-29-22(28)18-10-13-4-2-3-5-17(13)26(18)21(27)9-8-20-25-12-19(30-20)15-7-6-14(23)11-16(15)24/h6-7,11-13,17-18H,2-5,8-10H2,1H3. The summed E-state index contributed by atoms with van der Waals surface area (Å²) in [5.74, 6) is -1.12. The van der Waals surface area contributed by atoms with Crippen LogP contribution in [0.1, 0.15) is 44.4 Å². The lowest BCUT2D eigenvalue weighted by Gasteiger charge is -2.33. The van der Waals surface area contributed by atoms with E-state index < -0.39 is 17.7 Å². The van der Waals surface area contributed by atoms with E-state index in [4.69, 9.17) is 9.15 Å². The number of oxazole rings is 1. The van der Waals surface area contributed by atoms with Crippen LogP contribution in [-0.4, -0.2) is 41.0 Å². The van der Waals surface area contributed by atoms with E-state index in [1.807, 2.05) is 0 Å². The molecule has 2 aromatic rings. The molecule has 160 valence electrons. The molecule has 3 unspecified atom stereocenters. The van der Waals surface area contributed by atoms with E-state index in [0.29, 0.717) is 12.3 Å². The molecule has 1 amide bonds. The quantitative estimate of drug-likeness (QED) is 0.689. The summed E-state index contributed by atoms with van der Waals surface area (Å²) in [5, 5.41) is 0. The van der Waals surface area contributed by atoms with E-state index in [-0.39, 0.29) is 48.0 Å². The van der Waals surface area contributed by atoms with Gasteiger partial charge in [0, 0.05) is 24.9 Å². The number of carbonyl (C=O) groups is 2. The molecule has 2 fully saturated rings. The highest BCUT2D eigenvalue weighted by Gasteiger charge is 2.47. The van der Waals surface area contributed by atoms with Crippen molar-refractivity contribution in [3.63, 3.8) is 0 Å². The van der Waals surface area contributed by atoms with Gasteiger partial charge in [-0.25, -0.2) is 18.6 Å². The van der Waals surface area contributed by atoms with Crippen LogP contribution in [0.2, 0.25) is 0 Å². The minimum atomic E-state index is -0.741. The summed E-state index contributed by atoms with van der Waals surface area (Å²) < 4.78 is 37.5. The number of rotatable bonds is 5. The number of likely N-dealkylation sites (tertiary alicyclic amines) is 1. The zero-order valence-corrected chi connectivity index (χ0v) is 16.8. The molecular formula is C22H24F2N2O4. The van der Waals surface area contributed by atoms with Gasteiger partial charge in [-0.3, -0.25) is 4.79 Å². The molecule has 2 heterocycles. The number of aryl methyl sites for hydroxylation is 1. The topological polar surface area (TPSA) is 72.6 Å². The second-order valence-electron chi connectivity index (χ2n) is 7.93. The van der Waals surface area contributed by atoms with Gasteiger partial charge in [0.2, 0.25) is 5.91 Å². The highest BCUT2D eigenvalue weighted by molar-refractivity contribution is 5.85. The lowest BCUT2D eigenvalue weighted by Crippen LogP contribution is -2.46. The first-order valence-electron chi connectivity index (χ1n) is 10.3. The molecule has 8 heteroatoms. The van der Waals surface area contributed by atoms with E-state index in [0.717, 1.165) is 37.8 Å². The van der Waals surface area contributed by atoms with Crippen LogP contribution in [0.15, 0.2) is 28.8 Å². The van der Waals surface area contributed by atoms with E-state index >= 15 is 0 Å². The molecule has 3 atom stereocenters. The Morgan fingerprint density at radius 3 is 2.83 bits per heavy atom. The third-order valence-electron chi connectivity index (χ3n) is 6.15. The van der Waals surface area contributed by atoms with Crippen molar-refractivity contribution >= 4 is 11.9 Å². The molecule has 0 radical (unpaired) electrons. The number of amides is 1. The predicted octanol–water partition coefficient (Wildman–Crippen LogP) is 3.89. The number of ether oxygens (including phenoxy) is 1. The summed E-state index contributed by atoms with van der Waals surface area (Å²) in [5.41, 5.74) is 0.108. The third kappa shape index (κ3) is 3.95. The molecule has 30 heavy (non-hydrogen) atoms. The van der Waals surface area contributed by atoms with Crippen molar-refractivity contribution < 1.29 is 27.5 Å². The number of methoxy groups -OCH3 is 1. The van der Waals surface area contributed by atoms with Crippen LogP contribution >= 0.6 is 0 Å². The van der Waals surface area contributed by atoms with Gasteiger partial charge < -0.3 is 14.1 Å². The average molecular weight is 418 g/mol. The van der Waals surface area contributed by atoms with Gasteiger partial charge in [0.25, 0.3) is 0 Å². The lowest BCUT2D eigenvalue weighted by molar-refractivity contribution is -0.152. The third-order valence-corrected chi connectivity index (χ3v) is 6.15. The molecule has 1 aliphatic carbocycles. The first-order chi connectivity index (χ1) is 14.5. The Labute approximate surface area is 173 Å². The molecule has 1 saturated heterocycles. The molecule has 0 spiro atoms. The van der Waals surface area contributed by atoms with Gasteiger partial charge in [0.15, 0.2) is 11.7 Å². The molecule has 1 saturated carbocycles. The highest BCUT2D eigenvalue weighted by atomic mass is 19.1. The summed E-state index contributed by atoms with van der Waals surface area (Å²) in [4.78, 5) is 31.1. The molecule has 0 N–H and O–H groups in total. The average Bonchev–Trinajstić information content (AvgIpc) is 3.36. The molecule has 1 aliphatic heterocycles. The minimum absolute atomic E-state index is 0.0729. The van der Waals surface area contributed by atoms with Crippen molar-refractivity contribution in [1.82, 2.24) is 9.88 Å². The minimum Gasteiger partial charge on any atom is -0.467 e. The Kier molecular flexibility index (Phi) is 5.83. The maximum Gasteiger partial charge on any atom is 0.328 e. The molecule has 2 aliphatic rings. The smallest absolute Gasteiger partial charge is 0.328 e. The molecule has 1 aromatic heterocycles. The molecule has 4 rings (SSSR count). The molecule has 0 bridgehead atoms. The summed E-state index contributed by atoms with van der Waals surface area (Å²) in [6.07, 6.45) is 6.45. The van der Waals surface area contributed by atoms with Crippen LogP contribution in [0.25, 0.3) is 11.3 Å². The number of fused-ring (bicyclic) bond motifs is 1. The summed E-state index contributed by atoms with van der Waals surface area (Å²) in [6, 6.07) is 2.74. The van der Waals surface area contributed by atoms with Gasteiger partial charge in [-0.1, -0.05) is 12.8 Å². The molecule has 6 nitrogen and oxygen atoms in total. The Hall–Kier alpha value is -2.77. The van der Waals surface area contributed by atoms with Crippen molar-refractivity contribution in [3.05, 3.63) is 41.9 Å². The predicted molar refractivity (Wildman–Crippen MR) is 103 cm³/mol. The number of halogens is 2. The fourth-order valence-corrected chi connectivity index (χ4v) is 4.75. The number of hydrogen-bond donors (Lipinski definition) is 0. The van der Waals surface area contributed by atoms with Gasteiger partial charge in [-0.2, -0.15) is 0 Å². The van der Waals surface area contributed by atoms with E-state index in [2.05, 4.69) is 4.98 Å². The van der Waals surface area contributed by atoms with Gasteiger partial charge in [0.05, 0.1) is 18.9 Å². The number of carbonyl (C=O) groups excluding carboxylic acids is 2. The highest BCUT2D eigenvalue weighted by Crippen LogP contribution is 2.40. The van der Waals surface area contributed by atoms with Crippen LogP contribution in [-0.2, 0) is 20.7 Å². The summed E-state index contributed by atoms with van der Waals surface area (Å²) in [6.45, 7) is 0. The lowest BCUT2D eigenvalue weighted by atomic mass is 9.84. The van der Waals surface area contributed by atoms with E-state index in [1.54, 1.807) is 4.90 Å². The van der Waals surface area contributed by atoms with Crippen LogP contribution in [0.3, 0.4) is 0 Å². The van der Waals surface area contributed by atoms with Crippen LogP contribution in [0.4, 0.5) is 8.78 Å². The molecule has 1 aromatic carbocycles. The van der Waals surface area contributed by atoms with Crippen molar-refractivity contribution in [1.29, 1.82) is 0 Å². The zero-order valence-electron chi connectivity index (χ0n) is 16.8. The van der Waals surface area contributed by atoms with Crippen molar-refractivity contribution in [2.75, 3.05) is 7.11 Å². The number of aromatic nitrogens is 1. The van der Waals surface area contributed by atoms with E-state index in [9.17, 15) is 18.4 Å². The zero-order chi connectivity index (χ0) is 21.3. The number of hydrogen-bond acceptors (Lipinski definition) is 5. The van der Waals surface area contributed by atoms with E-state index in [1.165, 1.54) is 19.4 Å². The summed E-state index contributed by atoms with van der Waals surface area (Å²) in [7, 11) is 1.34. The number of nitrogens with zero attached hydrogens (tertiary/aromatic N) is 2. The maximum absolute atomic E-state index is 13.9. The monoisotopic (exact) mass is 418 g/mol. The first-order valence-corrected chi connectivity index (χ1v) is 10.3. The second kappa shape index (κ2) is 8.53. The van der Waals surface area contributed by atoms with Gasteiger partial charge in [-0.05, 0) is 37.3 Å². The fraction of sp³-hybridized carbons (Fsp3) is 0.500. The summed E-state index contributed by atoms with van der Waals surface area (Å²) >= 11 is 0. The maximum atomic E-state index is 13.9. The van der Waals surface area contributed by atoms with Crippen LogP contribution in [0, 0.1) is 17.6 Å². The Morgan fingerprint density at radius 1 is 1.27 bits per heavy atom. The fourth-order valence-electron chi connectivity index (χ4n) is 4.75. The van der Waals surface area contributed by atoms with Crippen LogP contribution in [0.5, 0.6) is 0 Å². The Morgan fingerprint density at radius 2 is 2.07 bits per heavy atom. The van der Waals surface area contributed by atoms with Gasteiger partial charge in [0.1, 0.15) is 17.7 Å². The van der Waals surface area contributed by atoms with Crippen molar-refractivity contribution in [2.24, 2.45) is 5.92 Å². The first kappa shape index (κ1) is 20.5. The van der Waals surface area contributed by atoms with Gasteiger partial charge in [-0.15, -0.1) is 0 Å². The largest absolute Gasteiger partial charge is 0.467 e. The van der Waals surface area contributed by atoms with Crippen LogP contribution < -0.4 is 0 Å². The van der Waals surface area contributed by atoms with Crippen molar-refractivity contribution in [2.45, 2.75) is 57.0 Å². The Balaban J connectivity index is 1.45. The SMILES string of the molecule is COC(=O)C1CC2CCCCC2N1C(=O)CCc1ncc(-c2ccc(F)cc2F)o1. The number of esters is 1. The van der Waals surface area contributed by atoms with Gasteiger partial charge >= 0.3 is 5.97 Å². The normalized spacial score (nSPS) is 23.3. The Bertz CT molecular complexity index is 945. The number of benzene rings is 1. The molecular weight excluding hydrogens is 394 g/mol. The second-order valence-corrected chi connectivity index (χ2v) is 7.93.